The Morgan fingerprint density at radius 1 is 1.48 bits per heavy atom. The van der Waals surface area contributed by atoms with Crippen LogP contribution in [-0.2, 0) is 10.3 Å². The number of hydrogen-bond acceptors (Lipinski definition) is 2. The van der Waals surface area contributed by atoms with Gasteiger partial charge in [-0.3, -0.25) is 4.79 Å². The number of carbonyl (C=O) groups excluding carboxylic acids is 1. The molecule has 21 heavy (non-hydrogen) atoms. The molecule has 1 aliphatic rings. The standard InChI is InChI=1S/C17H25ClN2O/c1-12-14(8-5-9-15(12)18)17(2,3)19-16(21)11-13-7-6-10-20(13)4/h5,8-9,13H,6-7,10-11H2,1-4H3,(H,19,21)/t13-/m0/s1. The van der Waals surface area contributed by atoms with E-state index in [0.29, 0.717) is 12.5 Å². The van der Waals surface area contributed by atoms with Crippen LogP contribution in [0.25, 0.3) is 0 Å². The van der Waals surface area contributed by atoms with Crippen molar-refractivity contribution >= 4 is 17.5 Å². The molecule has 0 unspecified atom stereocenters. The van der Waals surface area contributed by atoms with Crippen molar-refractivity contribution < 1.29 is 4.79 Å². The first-order chi connectivity index (χ1) is 9.81. The summed E-state index contributed by atoms with van der Waals surface area (Å²) in [6.45, 7) is 7.15. The highest BCUT2D eigenvalue weighted by Crippen LogP contribution is 2.28. The molecule has 0 radical (unpaired) electrons. The predicted octanol–water partition coefficient (Wildman–Crippen LogP) is 3.48. The molecule has 1 aliphatic heterocycles. The van der Waals surface area contributed by atoms with E-state index in [1.165, 1.54) is 6.42 Å². The first-order valence-electron chi connectivity index (χ1n) is 7.58. The predicted molar refractivity (Wildman–Crippen MR) is 87.6 cm³/mol. The van der Waals surface area contributed by atoms with Gasteiger partial charge in [-0.15, -0.1) is 0 Å². The molecule has 0 saturated carbocycles. The molecular weight excluding hydrogens is 284 g/mol. The van der Waals surface area contributed by atoms with Crippen molar-refractivity contribution in [1.82, 2.24) is 10.2 Å². The number of halogens is 1. The van der Waals surface area contributed by atoms with Gasteiger partial charge in [-0.05, 0) is 64.4 Å². The van der Waals surface area contributed by atoms with E-state index in [-0.39, 0.29) is 5.91 Å². The Balaban J connectivity index is 2.06. The van der Waals surface area contributed by atoms with Gasteiger partial charge >= 0.3 is 0 Å². The topological polar surface area (TPSA) is 32.3 Å². The van der Waals surface area contributed by atoms with Crippen LogP contribution in [0.4, 0.5) is 0 Å². The van der Waals surface area contributed by atoms with Crippen molar-refractivity contribution in [1.29, 1.82) is 0 Å². The van der Waals surface area contributed by atoms with Gasteiger partial charge in [0.15, 0.2) is 0 Å². The van der Waals surface area contributed by atoms with Crippen LogP contribution >= 0.6 is 11.6 Å². The van der Waals surface area contributed by atoms with E-state index in [1.807, 2.05) is 39.0 Å². The zero-order chi connectivity index (χ0) is 15.6. The summed E-state index contributed by atoms with van der Waals surface area (Å²) < 4.78 is 0. The van der Waals surface area contributed by atoms with E-state index < -0.39 is 5.54 Å². The van der Waals surface area contributed by atoms with Crippen molar-refractivity contribution in [2.24, 2.45) is 0 Å². The number of benzene rings is 1. The van der Waals surface area contributed by atoms with Gasteiger partial charge < -0.3 is 10.2 Å². The average Bonchev–Trinajstić information content (AvgIpc) is 2.77. The van der Waals surface area contributed by atoms with E-state index in [4.69, 9.17) is 11.6 Å². The number of amides is 1. The fraction of sp³-hybridized carbons (Fsp3) is 0.588. The SMILES string of the molecule is Cc1c(Cl)cccc1C(C)(C)NC(=O)C[C@@H]1CCCN1C. The molecule has 1 atom stereocenters. The lowest BCUT2D eigenvalue weighted by Crippen LogP contribution is -2.43. The van der Waals surface area contributed by atoms with Crippen LogP contribution in [-0.4, -0.2) is 30.4 Å². The second kappa shape index (κ2) is 6.37. The molecule has 4 heteroatoms. The molecule has 1 aromatic carbocycles. The molecule has 1 aromatic rings. The zero-order valence-corrected chi connectivity index (χ0v) is 14.1. The number of hydrogen-bond donors (Lipinski definition) is 1. The maximum Gasteiger partial charge on any atom is 0.222 e. The number of likely N-dealkylation sites (tertiary alicyclic amines) is 1. The largest absolute Gasteiger partial charge is 0.347 e. The van der Waals surface area contributed by atoms with Crippen molar-refractivity contribution in [2.45, 2.75) is 51.6 Å². The number of nitrogens with one attached hydrogen (secondary N) is 1. The van der Waals surface area contributed by atoms with Gasteiger partial charge in [0.2, 0.25) is 5.91 Å². The summed E-state index contributed by atoms with van der Waals surface area (Å²) in [6.07, 6.45) is 2.87. The number of rotatable bonds is 4. The molecule has 1 fully saturated rings. The summed E-state index contributed by atoms with van der Waals surface area (Å²) >= 11 is 6.19. The molecular formula is C17H25ClN2O. The highest BCUT2D eigenvalue weighted by atomic mass is 35.5. The summed E-state index contributed by atoms with van der Waals surface area (Å²) in [7, 11) is 2.09. The third-order valence-electron chi connectivity index (χ3n) is 4.49. The molecule has 0 bridgehead atoms. The molecule has 1 saturated heterocycles. The summed E-state index contributed by atoms with van der Waals surface area (Å²) in [5.41, 5.74) is 1.69. The highest BCUT2D eigenvalue weighted by molar-refractivity contribution is 6.31. The average molecular weight is 309 g/mol. The second-order valence-electron chi connectivity index (χ2n) is 6.57. The molecule has 1 heterocycles. The monoisotopic (exact) mass is 308 g/mol. The van der Waals surface area contributed by atoms with Crippen molar-refractivity contribution in [3.8, 4) is 0 Å². The number of carbonyl (C=O) groups is 1. The smallest absolute Gasteiger partial charge is 0.222 e. The summed E-state index contributed by atoms with van der Waals surface area (Å²) in [4.78, 5) is 14.6. The first-order valence-corrected chi connectivity index (χ1v) is 7.96. The second-order valence-corrected chi connectivity index (χ2v) is 6.97. The zero-order valence-electron chi connectivity index (χ0n) is 13.4. The minimum atomic E-state index is -0.413. The van der Waals surface area contributed by atoms with E-state index in [2.05, 4.69) is 17.3 Å². The van der Waals surface area contributed by atoms with Crippen molar-refractivity contribution in [2.75, 3.05) is 13.6 Å². The van der Waals surface area contributed by atoms with Crippen LogP contribution in [0.5, 0.6) is 0 Å². The van der Waals surface area contributed by atoms with Gasteiger partial charge in [-0.2, -0.15) is 0 Å². The summed E-state index contributed by atoms with van der Waals surface area (Å²) in [5.74, 6) is 0.109. The molecule has 2 rings (SSSR count). The third kappa shape index (κ3) is 3.78. The lowest BCUT2D eigenvalue weighted by molar-refractivity contribution is -0.123. The Morgan fingerprint density at radius 2 is 2.19 bits per heavy atom. The van der Waals surface area contributed by atoms with Gasteiger partial charge in [0.1, 0.15) is 0 Å². The van der Waals surface area contributed by atoms with Crippen LogP contribution in [0, 0.1) is 6.92 Å². The third-order valence-corrected chi connectivity index (χ3v) is 4.89. The summed E-state index contributed by atoms with van der Waals surface area (Å²) in [6, 6.07) is 6.22. The van der Waals surface area contributed by atoms with Crippen molar-refractivity contribution in [3.05, 3.63) is 34.3 Å². The number of nitrogens with zero attached hydrogens (tertiary/aromatic N) is 1. The molecule has 0 aliphatic carbocycles. The lowest BCUT2D eigenvalue weighted by Gasteiger charge is -2.30. The lowest BCUT2D eigenvalue weighted by atomic mass is 9.90. The van der Waals surface area contributed by atoms with Gasteiger partial charge in [0, 0.05) is 17.5 Å². The van der Waals surface area contributed by atoms with Crippen LogP contribution in [0.1, 0.15) is 44.2 Å². The van der Waals surface area contributed by atoms with Crippen LogP contribution in [0.3, 0.4) is 0 Å². The van der Waals surface area contributed by atoms with Gasteiger partial charge in [-0.25, -0.2) is 0 Å². The molecule has 116 valence electrons. The van der Waals surface area contributed by atoms with Crippen LogP contribution < -0.4 is 5.32 Å². The highest BCUT2D eigenvalue weighted by Gasteiger charge is 2.28. The van der Waals surface area contributed by atoms with Gasteiger partial charge in [-0.1, -0.05) is 23.7 Å². The maximum atomic E-state index is 12.4. The van der Waals surface area contributed by atoms with Crippen LogP contribution in [0.2, 0.25) is 5.02 Å². The molecule has 0 spiro atoms. The van der Waals surface area contributed by atoms with Crippen LogP contribution in [0.15, 0.2) is 18.2 Å². The fourth-order valence-corrected chi connectivity index (χ4v) is 3.38. The van der Waals surface area contributed by atoms with Crippen molar-refractivity contribution in [3.63, 3.8) is 0 Å². The molecule has 0 aromatic heterocycles. The normalized spacial score (nSPS) is 19.8. The quantitative estimate of drug-likeness (QED) is 0.923. The molecule has 3 nitrogen and oxygen atoms in total. The van der Waals surface area contributed by atoms with E-state index in [9.17, 15) is 4.79 Å². The minimum absolute atomic E-state index is 0.109. The fourth-order valence-electron chi connectivity index (χ4n) is 3.20. The molecule has 1 N–H and O–H groups in total. The van der Waals surface area contributed by atoms with Gasteiger partial charge in [0.25, 0.3) is 0 Å². The summed E-state index contributed by atoms with van der Waals surface area (Å²) in [5, 5.41) is 3.90. The van der Waals surface area contributed by atoms with E-state index in [0.717, 1.165) is 29.1 Å². The Hall–Kier alpha value is -1.06. The minimum Gasteiger partial charge on any atom is -0.347 e. The van der Waals surface area contributed by atoms with E-state index >= 15 is 0 Å². The Kier molecular flexibility index (Phi) is 4.95. The van der Waals surface area contributed by atoms with E-state index in [1.54, 1.807) is 0 Å². The Labute approximate surface area is 132 Å². The molecule has 1 amide bonds. The maximum absolute atomic E-state index is 12.4. The Morgan fingerprint density at radius 3 is 2.81 bits per heavy atom. The Bertz CT molecular complexity index is 528. The first kappa shape index (κ1) is 16.3. The van der Waals surface area contributed by atoms with Gasteiger partial charge in [0.05, 0.1) is 5.54 Å².